The van der Waals surface area contributed by atoms with Crippen molar-refractivity contribution in [2.75, 3.05) is 0 Å². The predicted octanol–water partition coefficient (Wildman–Crippen LogP) is 13.6. The molecule has 0 spiro atoms. The number of benzene rings is 9. The molecule has 9 aromatic rings. The third-order valence-electron chi connectivity index (χ3n) is 9.94. The fourth-order valence-corrected chi connectivity index (χ4v) is 7.47. The minimum atomic E-state index is 1.23. The van der Waals surface area contributed by atoms with Crippen LogP contribution in [0.25, 0.3) is 87.6 Å². The van der Waals surface area contributed by atoms with Gasteiger partial charge in [-0.1, -0.05) is 169 Å². The Labute approximate surface area is 281 Å². The molecular weight excluding hydrogens is 577 g/mol. The van der Waals surface area contributed by atoms with E-state index < -0.39 is 0 Å². The Balaban J connectivity index is 1.20. The molecule has 0 saturated heterocycles. The van der Waals surface area contributed by atoms with E-state index in [9.17, 15) is 0 Å². The standard InChI is InChI=1S/C48H34/c1-31-11-25-43-45(27-31)47(37-19-13-35(14-20-37)41-23-17-33-7-3-5-9-39(33)29-41)44-26-12-32(2)28-46(44)48(43)38-21-15-36(16-22-38)42-24-18-34-8-4-6-10-40(34)30-42/h3-30H,1-2H3. The molecule has 0 bridgehead atoms. The zero-order valence-corrected chi connectivity index (χ0v) is 27.2. The first-order chi connectivity index (χ1) is 23.6. The Morgan fingerprint density at radius 2 is 0.604 bits per heavy atom. The lowest BCUT2D eigenvalue weighted by atomic mass is 9.84. The zero-order valence-electron chi connectivity index (χ0n) is 27.2. The average Bonchev–Trinajstić information content (AvgIpc) is 3.13. The lowest BCUT2D eigenvalue weighted by Gasteiger charge is -2.19. The van der Waals surface area contributed by atoms with Gasteiger partial charge in [0.1, 0.15) is 0 Å². The van der Waals surface area contributed by atoms with Crippen molar-refractivity contribution < 1.29 is 0 Å². The Morgan fingerprint density at radius 1 is 0.250 bits per heavy atom. The largest absolute Gasteiger partial charge is 0.0616 e. The first-order valence-corrected chi connectivity index (χ1v) is 16.7. The van der Waals surface area contributed by atoms with Crippen LogP contribution in [0.3, 0.4) is 0 Å². The second-order valence-corrected chi connectivity index (χ2v) is 13.1. The SMILES string of the molecule is Cc1ccc2c(-c3ccc(-c4ccc5ccccc5c4)cc3)c3cc(C)ccc3c(-c3ccc(-c4ccc5ccccc5c4)cc3)c2c1. The van der Waals surface area contributed by atoms with Crippen LogP contribution in [0, 0.1) is 13.8 Å². The third-order valence-corrected chi connectivity index (χ3v) is 9.94. The van der Waals surface area contributed by atoms with Crippen molar-refractivity contribution in [3.8, 4) is 44.5 Å². The molecule has 0 saturated carbocycles. The van der Waals surface area contributed by atoms with Crippen molar-refractivity contribution in [3.05, 3.63) is 181 Å². The summed E-state index contributed by atoms with van der Waals surface area (Å²) in [6, 6.07) is 62.9. The summed E-state index contributed by atoms with van der Waals surface area (Å²) in [5.41, 5.74) is 12.5. The maximum absolute atomic E-state index is 2.37. The van der Waals surface area contributed by atoms with Gasteiger partial charge in [0.25, 0.3) is 0 Å². The molecule has 9 aromatic carbocycles. The molecule has 0 unspecified atom stereocenters. The Bertz CT molecular complexity index is 2470. The highest BCUT2D eigenvalue weighted by Gasteiger charge is 2.18. The van der Waals surface area contributed by atoms with Crippen LogP contribution in [-0.4, -0.2) is 0 Å². The van der Waals surface area contributed by atoms with Gasteiger partial charge in [-0.3, -0.25) is 0 Å². The summed E-state index contributed by atoms with van der Waals surface area (Å²) in [6.45, 7) is 4.40. The molecule has 0 radical (unpaired) electrons. The van der Waals surface area contributed by atoms with Crippen molar-refractivity contribution in [2.45, 2.75) is 13.8 Å². The van der Waals surface area contributed by atoms with E-state index in [2.05, 4.69) is 184 Å². The maximum atomic E-state index is 2.37. The van der Waals surface area contributed by atoms with Crippen LogP contribution in [0.1, 0.15) is 11.1 Å². The van der Waals surface area contributed by atoms with E-state index in [1.165, 1.54) is 98.7 Å². The number of hydrogen-bond donors (Lipinski definition) is 0. The van der Waals surface area contributed by atoms with Crippen LogP contribution in [0.4, 0.5) is 0 Å². The van der Waals surface area contributed by atoms with Crippen LogP contribution in [0.15, 0.2) is 170 Å². The molecular formula is C48H34. The molecule has 226 valence electrons. The van der Waals surface area contributed by atoms with Crippen molar-refractivity contribution >= 4 is 43.1 Å². The van der Waals surface area contributed by atoms with Gasteiger partial charge in [-0.25, -0.2) is 0 Å². The highest BCUT2D eigenvalue weighted by atomic mass is 14.2. The molecule has 0 amide bonds. The van der Waals surface area contributed by atoms with Gasteiger partial charge in [-0.15, -0.1) is 0 Å². The van der Waals surface area contributed by atoms with Crippen LogP contribution in [0.2, 0.25) is 0 Å². The molecule has 0 N–H and O–H groups in total. The van der Waals surface area contributed by atoms with Crippen LogP contribution in [-0.2, 0) is 0 Å². The quantitative estimate of drug-likeness (QED) is 0.174. The molecule has 0 atom stereocenters. The van der Waals surface area contributed by atoms with Gasteiger partial charge in [0, 0.05) is 0 Å². The van der Waals surface area contributed by atoms with Gasteiger partial charge >= 0.3 is 0 Å². The summed E-state index contributed by atoms with van der Waals surface area (Å²) in [4.78, 5) is 0. The summed E-state index contributed by atoms with van der Waals surface area (Å²) < 4.78 is 0. The van der Waals surface area contributed by atoms with Crippen LogP contribution in [0.5, 0.6) is 0 Å². The zero-order chi connectivity index (χ0) is 32.2. The Morgan fingerprint density at radius 3 is 1.02 bits per heavy atom. The van der Waals surface area contributed by atoms with Crippen molar-refractivity contribution in [3.63, 3.8) is 0 Å². The van der Waals surface area contributed by atoms with E-state index in [-0.39, 0.29) is 0 Å². The van der Waals surface area contributed by atoms with E-state index in [0.29, 0.717) is 0 Å². The van der Waals surface area contributed by atoms with Crippen LogP contribution < -0.4 is 0 Å². The number of fused-ring (bicyclic) bond motifs is 4. The summed E-state index contributed by atoms with van der Waals surface area (Å²) in [5.74, 6) is 0. The van der Waals surface area contributed by atoms with E-state index in [4.69, 9.17) is 0 Å². The third kappa shape index (κ3) is 4.86. The fraction of sp³-hybridized carbons (Fsp3) is 0.0417. The molecule has 0 aliphatic heterocycles. The second-order valence-electron chi connectivity index (χ2n) is 13.1. The van der Waals surface area contributed by atoms with Gasteiger partial charge in [0.15, 0.2) is 0 Å². The van der Waals surface area contributed by atoms with Crippen molar-refractivity contribution in [1.82, 2.24) is 0 Å². The van der Waals surface area contributed by atoms with Crippen molar-refractivity contribution in [1.29, 1.82) is 0 Å². The number of rotatable bonds is 4. The summed E-state index contributed by atoms with van der Waals surface area (Å²) >= 11 is 0. The Kier molecular flexibility index (Phi) is 6.69. The highest BCUT2D eigenvalue weighted by Crippen LogP contribution is 2.45. The monoisotopic (exact) mass is 610 g/mol. The minimum absolute atomic E-state index is 1.23. The first kappa shape index (κ1) is 28.3. The molecule has 0 fully saturated rings. The summed E-state index contributed by atoms with van der Waals surface area (Å²) in [6.07, 6.45) is 0. The first-order valence-electron chi connectivity index (χ1n) is 16.7. The van der Waals surface area contributed by atoms with E-state index in [1.54, 1.807) is 0 Å². The summed E-state index contributed by atoms with van der Waals surface area (Å²) in [5, 5.41) is 10.2. The van der Waals surface area contributed by atoms with E-state index in [0.717, 1.165) is 0 Å². The van der Waals surface area contributed by atoms with Gasteiger partial charge in [0.05, 0.1) is 0 Å². The van der Waals surface area contributed by atoms with Gasteiger partial charge in [0.2, 0.25) is 0 Å². The van der Waals surface area contributed by atoms with Gasteiger partial charge in [-0.05, 0) is 114 Å². The van der Waals surface area contributed by atoms with Gasteiger partial charge < -0.3 is 0 Å². The summed E-state index contributed by atoms with van der Waals surface area (Å²) in [7, 11) is 0. The van der Waals surface area contributed by atoms with Gasteiger partial charge in [-0.2, -0.15) is 0 Å². The molecule has 0 aliphatic carbocycles. The molecule has 0 heteroatoms. The molecule has 9 rings (SSSR count). The molecule has 0 aliphatic rings. The maximum Gasteiger partial charge on any atom is -0.00263 e. The smallest absolute Gasteiger partial charge is 0.00263 e. The molecule has 0 nitrogen and oxygen atoms in total. The molecule has 0 heterocycles. The average molecular weight is 611 g/mol. The second kappa shape index (κ2) is 11.4. The lowest BCUT2D eigenvalue weighted by molar-refractivity contribution is 1.49. The van der Waals surface area contributed by atoms with Crippen molar-refractivity contribution in [2.24, 2.45) is 0 Å². The van der Waals surface area contributed by atoms with E-state index >= 15 is 0 Å². The normalized spacial score (nSPS) is 11.5. The molecule has 0 aromatic heterocycles. The minimum Gasteiger partial charge on any atom is -0.0616 e. The van der Waals surface area contributed by atoms with Crippen LogP contribution >= 0.6 is 0 Å². The number of aryl methyl sites for hydroxylation is 2. The Hall–Kier alpha value is -5.98. The fourth-order valence-electron chi connectivity index (χ4n) is 7.47. The predicted molar refractivity (Wildman–Crippen MR) is 208 cm³/mol. The molecule has 48 heavy (non-hydrogen) atoms. The van der Waals surface area contributed by atoms with E-state index in [1.807, 2.05) is 0 Å². The highest BCUT2D eigenvalue weighted by molar-refractivity contribution is 6.21. The topological polar surface area (TPSA) is 0 Å². The lowest BCUT2D eigenvalue weighted by Crippen LogP contribution is -1.92. The number of hydrogen-bond acceptors (Lipinski definition) is 0.